The largest absolute Gasteiger partial charge is 0.382 e. The highest BCUT2D eigenvalue weighted by Crippen LogP contribution is 2.14. The normalized spacial score (nSPS) is 18.9. The van der Waals surface area contributed by atoms with E-state index in [1.54, 1.807) is 12.3 Å². The average molecular weight is 277 g/mol. The van der Waals surface area contributed by atoms with Crippen LogP contribution in [-0.4, -0.2) is 35.7 Å². The Balaban J connectivity index is 1.94. The van der Waals surface area contributed by atoms with Gasteiger partial charge in [0.05, 0.1) is 6.10 Å². The number of carbonyl (C=O) groups is 1. The van der Waals surface area contributed by atoms with Crippen LogP contribution in [0.3, 0.4) is 0 Å². The van der Waals surface area contributed by atoms with Crippen LogP contribution in [0, 0.1) is 0 Å². The van der Waals surface area contributed by atoms with E-state index < -0.39 is 0 Å². The van der Waals surface area contributed by atoms with Gasteiger partial charge in [-0.2, -0.15) is 0 Å². The van der Waals surface area contributed by atoms with Crippen molar-refractivity contribution in [1.82, 2.24) is 10.3 Å². The van der Waals surface area contributed by atoms with E-state index in [0.717, 1.165) is 31.7 Å². The molecule has 1 saturated heterocycles. The number of nitrogens with one attached hydrogen (secondary N) is 2. The molecule has 5 heteroatoms. The summed E-state index contributed by atoms with van der Waals surface area (Å²) in [5.41, 5.74) is 1.06. The second kappa shape index (κ2) is 6.22. The lowest BCUT2D eigenvalue weighted by molar-refractivity contribution is 0.0914. The molecule has 1 aromatic rings. The molecule has 1 fully saturated rings. The average Bonchev–Trinajstić information content (AvgIpc) is 2.88. The third-order valence-electron chi connectivity index (χ3n) is 3.04. The minimum absolute atomic E-state index is 0.154. The fourth-order valence-corrected chi connectivity index (χ4v) is 2.11. The van der Waals surface area contributed by atoms with E-state index in [1.807, 2.05) is 26.8 Å². The minimum atomic E-state index is -0.264. The number of carbonyl (C=O) groups excluding carboxylic acids is 1. The molecule has 1 aliphatic rings. The van der Waals surface area contributed by atoms with Crippen LogP contribution in [0.1, 0.15) is 44.1 Å². The highest BCUT2D eigenvalue weighted by Gasteiger charge is 2.17. The van der Waals surface area contributed by atoms with Crippen LogP contribution >= 0.6 is 0 Å². The number of anilines is 1. The molecule has 1 unspecified atom stereocenters. The third-order valence-corrected chi connectivity index (χ3v) is 3.04. The van der Waals surface area contributed by atoms with Gasteiger partial charge in [0, 0.05) is 30.6 Å². The van der Waals surface area contributed by atoms with E-state index in [4.69, 9.17) is 4.74 Å². The monoisotopic (exact) mass is 277 g/mol. The smallest absolute Gasteiger partial charge is 0.270 e. The molecule has 0 radical (unpaired) electrons. The molecule has 1 atom stereocenters. The zero-order chi connectivity index (χ0) is 14.6. The summed E-state index contributed by atoms with van der Waals surface area (Å²) in [5.74, 6) is -0.154. The van der Waals surface area contributed by atoms with Crippen molar-refractivity contribution in [1.29, 1.82) is 0 Å². The first kappa shape index (κ1) is 14.8. The maximum atomic E-state index is 12.0. The number of aromatic nitrogens is 1. The summed E-state index contributed by atoms with van der Waals surface area (Å²) in [5, 5.41) is 6.21. The van der Waals surface area contributed by atoms with Crippen LogP contribution in [0.4, 0.5) is 5.69 Å². The first-order chi connectivity index (χ1) is 9.44. The van der Waals surface area contributed by atoms with Gasteiger partial charge in [0.2, 0.25) is 0 Å². The first-order valence-corrected chi connectivity index (χ1v) is 7.08. The highest BCUT2D eigenvalue weighted by molar-refractivity contribution is 5.93. The van der Waals surface area contributed by atoms with Crippen LogP contribution in [0.25, 0.3) is 0 Å². The van der Waals surface area contributed by atoms with Crippen LogP contribution in [0.15, 0.2) is 18.3 Å². The van der Waals surface area contributed by atoms with Crippen LogP contribution in [0.2, 0.25) is 0 Å². The lowest BCUT2D eigenvalue weighted by atomic mass is 10.1. The molecule has 0 saturated carbocycles. The standard InChI is InChI=1S/C15H23N3O2/c1-15(2,3)18-14(19)13-9-11(6-7-16-13)17-10-12-5-4-8-20-12/h6-7,9,12H,4-5,8,10H2,1-3H3,(H,16,17)(H,18,19). The number of hydrogen-bond donors (Lipinski definition) is 2. The quantitative estimate of drug-likeness (QED) is 0.885. The highest BCUT2D eigenvalue weighted by atomic mass is 16.5. The summed E-state index contributed by atoms with van der Waals surface area (Å²) in [6.45, 7) is 7.46. The molecule has 2 N–H and O–H groups in total. The van der Waals surface area contributed by atoms with E-state index >= 15 is 0 Å². The van der Waals surface area contributed by atoms with Gasteiger partial charge in [0.25, 0.3) is 5.91 Å². The van der Waals surface area contributed by atoms with Crippen molar-refractivity contribution < 1.29 is 9.53 Å². The Hall–Kier alpha value is -1.62. The molecule has 0 aromatic carbocycles. The molecule has 2 rings (SSSR count). The number of amides is 1. The summed E-state index contributed by atoms with van der Waals surface area (Å²) in [7, 11) is 0. The summed E-state index contributed by atoms with van der Waals surface area (Å²) in [6, 6.07) is 3.64. The third kappa shape index (κ3) is 4.49. The van der Waals surface area contributed by atoms with E-state index in [2.05, 4.69) is 15.6 Å². The molecule has 1 amide bonds. The van der Waals surface area contributed by atoms with Gasteiger partial charge in [0.1, 0.15) is 5.69 Å². The molecule has 5 nitrogen and oxygen atoms in total. The first-order valence-electron chi connectivity index (χ1n) is 7.08. The van der Waals surface area contributed by atoms with Crippen molar-refractivity contribution in [2.24, 2.45) is 0 Å². The molecule has 110 valence electrons. The fraction of sp³-hybridized carbons (Fsp3) is 0.600. The Labute approximate surface area is 120 Å². The van der Waals surface area contributed by atoms with Crippen molar-refractivity contribution in [3.63, 3.8) is 0 Å². The van der Waals surface area contributed by atoms with Crippen LogP contribution in [-0.2, 0) is 4.74 Å². The van der Waals surface area contributed by atoms with Gasteiger partial charge in [-0.15, -0.1) is 0 Å². The molecule has 1 aliphatic heterocycles. The van der Waals surface area contributed by atoms with E-state index in [-0.39, 0.29) is 17.6 Å². The summed E-state index contributed by atoms with van der Waals surface area (Å²) in [4.78, 5) is 16.2. The van der Waals surface area contributed by atoms with Gasteiger partial charge in [0.15, 0.2) is 0 Å². The van der Waals surface area contributed by atoms with E-state index in [9.17, 15) is 4.79 Å². The Morgan fingerprint density at radius 2 is 2.30 bits per heavy atom. The zero-order valence-corrected chi connectivity index (χ0v) is 12.4. The molecule has 1 aromatic heterocycles. The van der Waals surface area contributed by atoms with Gasteiger partial charge in [-0.25, -0.2) is 0 Å². The van der Waals surface area contributed by atoms with Gasteiger partial charge in [-0.3, -0.25) is 9.78 Å². The maximum Gasteiger partial charge on any atom is 0.270 e. The second-order valence-corrected chi connectivity index (χ2v) is 6.15. The van der Waals surface area contributed by atoms with Gasteiger partial charge < -0.3 is 15.4 Å². The number of hydrogen-bond acceptors (Lipinski definition) is 4. The molecular weight excluding hydrogens is 254 g/mol. The molecule has 0 aliphatic carbocycles. The Kier molecular flexibility index (Phi) is 4.60. The van der Waals surface area contributed by atoms with Gasteiger partial charge in [-0.1, -0.05) is 0 Å². The SMILES string of the molecule is CC(C)(C)NC(=O)c1cc(NCC2CCCO2)ccn1. The Bertz CT molecular complexity index is 462. The van der Waals surface area contributed by atoms with Crippen molar-refractivity contribution in [3.05, 3.63) is 24.0 Å². The second-order valence-electron chi connectivity index (χ2n) is 6.15. The number of pyridine rings is 1. The predicted molar refractivity (Wildman–Crippen MR) is 78.9 cm³/mol. The molecular formula is C15H23N3O2. The molecule has 0 spiro atoms. The van der Waals surface area contributed by atoms with E-state index in [1.165, 1.54) is 0 Å². The lowest BCUT2D eigenvalue weighted by Crippen LogP contribution is -2.40. The van der Waals surface area contributed by atoms with Gasteiger partial charge >= 0.3 is 0 Å². The topological polar surface area (TPSA) is 63.2 Å². The van der Waals surface area contributed by atoms with Crippen molar-refractivity contribution >= 4 is 11.6 Å². The van der Waals surface area contributed by atoms with Crippen molar-refractivity contribution in [2.45, 2.75) is 45.3 Å². The number of ether oxygens (including phenoxy) is 1. The molecule has 20 heavy (non-hydrogen) atoms. The fourth-order valence-electron chi connectivity index (χ4n) is 2.11. The van der Waals surface area contributed by atoms with Crippen LogP contribution in [0.5, 0.6) is 0 Å². The van der Waals surface area contributed by atoms with Gasteiger partial charge in [-0.05, 0) is 45.7 Å². The minimum Gasteiger partial charge on any atom is -0.382 e. The zero-order valence-electron chi connectivity index (χ0n) is 12.4. The maximum absolute atomic E-state index is 12.0. The Morgan fingerprint density at radius 1 is 1.50 bits per heavy atom. The lowest BCUT2D eigenvalue weighted by Gasteiger charge is -2.20. The number of rotatable bonds is 4. The predicted octanol–water partition coefficient (Wildman–Crippen LogP) is 2.20. The van der Waals surface area contributed by atoms with Crippen molar-refractivity contribution in [2.75, 3.05) is 18.5 Å². The van der Waals surface area contributed by atoms with Crippen LogP contribution < -0.4 is 10.6 Å². The Morgan fingerprint density at radius 3 is 2.95 bits per heavy atom. The summed E-state index contributed by atoms with van der Waals surface area (Å²) in [6.07, 6.45) is 4.14. The summed E-state index contributed by atoms with van der Waals surface area (Å²) < 4.78 is 5.56. The molecule has 2 heterocycles. The van der Waals surface area contributed by atoms with E-state index in [0.29, 0.717) is 5.69 Å². The van der Waals surface area contributed by atoms with Crippen molar-refractivity contribution in [3.8, 4) is 0 Å². The summed E-state index contributed by atoms with van der Waals surface area (Å²) >= 11 is 0. The molecule has 0 bridgehead atoms. The number of nitrogens with zero attached hydrogens (tertiary/aromatic N) is 1.